The highest BCUT2D eigenvalue weighted by atomic mass is 79.9. The van der Waals surface area contributed by atoms with Crippen molar-refractivity contribution in [1.29, 1.82) is 0 Å². The molecule has 3 atom stereocenters. The fourth-order valence-corrected chi connectivity index (χ4v) is 3.83. The third-order valence-corrected chi connectivity index (χ3v) is 5.42. The summed E-state index contributed by atoms with van der Waals surface area (Å²) in [7, 11) is 0. The van der Waals surface area contributed by atoms with Gasteiger partial charge in [0.15, 0.2) is 4.77 Å². The van der Waals surface area contributed by atoms with Gasteiger partial charge in [0, 0.05) is 12.1 Å². The van der Waals surface area contributed by atoms with E-state index < -0.39 is 0 Å². The average molecular weight is 343 g/mol. The first-order valence-corrected chi connectivity index (χ1v) is 7.78. The van der Waals surface area contributed by atoms with Gasteiger partial charge in [-0.15, -0.1) is 0 Å². The van der Waals surface area contributed by atoms with Crippen LogP contribution in [0.25, 0.3) is 11.0 Å². The normalized spacial score (nSPS) is 27.3. The number of aromatic amines is 1. The van der Waals surface area contributed by atoms with Gasteiger partial charge in [-0.1, -0.05) is 13.8 Å². The summed E-state index contributed by atoms with van der Waals surface area (Å²) in [6, 6.07) is 3.75. The largest absolute Gasteiger partial charge is 0.330 e. The minimum Gasteiger partial charge on any atom is -0.330 e. The first-order chi connectivity index (χ1) is 8.99. The first kappa shape index (κ1) is 13.3. The Balaban J connectivity index is 2.21. The molecular formula is C14H16BrFN2S. The second kappa shape index (κ2) is 4.70. The van der Waals surface area contributed by atoms with E-state index in [2.05, 4.69) is 39.3 Å². The molecule has 19 heavy (non-hydrogen) atoms. The Morgan fingerprint density at radius 3 is 2.74 bits per heavy atom. The highest BCUT2D eigenvalue weighted by Gasteiger charge is 2.32. The minimum absolute atomic E-state index is 0.260. The van der Waals surface area contributed by atoms with Crippen molar-refractivity contribution in [2.45, 2.75) is 32.7 Å². The molecule has 0 radical (unpaired) electrons. The van der Waals surface area contributed by atoms with Gasteiger partial charge in [-0.3, -0.25) is 0 Å². The van der Waals surface area contributed by atoms with Crippen molar-refractivity contribution in [3.05, 3.63) is 27.2 Å². The zero-order valence-electron chi connectivity index (χ0n) is 10.9. The molecule has 1 heterocycles. The summed E-state index contributed by atoms with van der Waals surface area (Å²) in [6.07, 6.45) is 2.36. The Kier molecular flexibility index (Phi) is 3.29. The monoisotopic (exact) mass is 342 g/mol. The Labute approximate surface area is 125 Å². The van der Waals surface area contributed by atoms with Gasteiger partial charge in [-0.05, 0) is 58.9 Å². The van der Waals surface area contributed by atoms with Gasteiger partial charge < -0.3 is 9.55 Å². The van der Waals surface area contributed by atoms with E-state index in [1.54, 1.807) is 0 Å². The molecule has 3 unspecified atom stereocenters. The summed E-state index contributed by atoms with van der Waals surface area (Å²) in [5.74, 6) is 1.04. The lowest BCUT2D eigenvalue weighted by molar-refractivity contribution is 0.356. The van der Waals surface area contributed by atoms with Crippen molar-refractivity contribution in [3.63, 3.8) is 0 Å². The summed E-state index contributed by atoms with van der Waals surface area (Å²) >= 11 is 8.70. The number of hydrogen-bond acceptors (Lipinski definition) is 1. The van der Waals surface area contributed by atoms with Gasteiger partial charge in [0.1, 0.15) is 5.82 Å². The maximum atomic E-state index is 13.6. The van der Waals surface area contributed by atoms with Crippen LogP contribution in [0.5, 0.6) is 0 Å². The van der Waals surface area contributed by atoms with Crippen LogP contribution in [-0.4, -0.2) is 9.55 Å². The lowest BCUT2D eigenvalue weighted by Gasteiger charge is -2.20. The first-order valence-electron chi connectivity index (χ1n) is 6.58. The Bertz CT molecular complexity index is 691. The van der Waals surface area contributed by atoms with Crippen molar-refractivity contribution < 1.29 is 4.39 Å². The van der Waals surface area contributed by atoms with E-state index in [9.17, 15) is 4.39 Å². The number of rotatable bonds is 1. The average Bonchev–Trinajstić information content (AvgIpc) is 2.82. The van der Waals surface area contributed by atoms with Crippen molar-refractivity contribution in [3.8, 4) is 0 Å². The molecule has 0 aliphatic heterocycles. The molecule has 102 valence electrons. The van der Waals surface area contributed by atoms with Gasteiger partial charge in [0.2, 0.25) is 0 Å². The fourth-order valence-electron chi connectivity index (χ4n) is 3.15. The number of nitrogens with zero attached hydrogens (tertiary/aromatic N) is 1. The summed E-state index contributed by atoms with van der Waals surface area (Å²) in [5.41, 5.74) is 1.77. The van der Waals surface area contributed by atoms with Gasteiger partial charge in [0.25, 0.3) is 0 Å². The van der Waals surface area contributed by atoms with Crippen LogP contribution in [-0.2, 0) is 0 Å². The second-order valence-electron chi connectivity index (χ2n) is 5.56. The zero-order valence-corrected chi connectivity index (χ0v) is 13.3. The number of nitrogens with one attached hydrogen (secondary N) is 1. The molecule has 0 saturated heterocycles. The smallest absolute Gasteiger partial charge is 0.178 e. The van der Waals surface area contributed by atoms with Crippen LogP contribution in [0.1, 0.15) is 32.7 Å². The number of imidazole rings is 1. The van der Waals surface area contributed by atoms with E-state index >= 15 is 0 Å². The Morgan fingerprint density at radius 1 is 1.37 bits per heavy atom. The zero-order chi connectivity index (χ0) is 13.7. The number of fused-ring (bicyclic) bond motifs is 1. The molecule has 3 rings (SSSR count). The molecule has 1 aromatic carbocycles. The van der Waals surface area contributed by atoms with Crippen LogP contribution in [0.3, 0.4) is 0 Å². The quantitative estimate of drug-likeness (QED) is 0.705. The van der Waals surface area contributed by atoms with Crippen LogP contribution in [0, 0.1) is 22.4 Å². The maximum absolute atomic E-state index is 13.6. The van der Waals surface area contributed by atoms with Gasteiger partial charge in [-0.25, -0.2) is 4.39 Å². The molecule has 1 fully saturated rings. The summed E-state index contributed by atoms with van der Waals surface area (Å²) in [4.78, 5) is 3.12. The van der Waals surface area contributed by atoms with Crippen LogP contribution >= 0.6 is 28.1 Å². The van der Waals surface area contributed by atoms with Crippen LogP contribution in [0.15, 0.2) is 16.6 Å². The van der Waals surface area contributed by atoms with E-state index in [1.807, 2.05) is 6.07 Å². The lowest BCUT2D eigenvalue weighted by Crippen LogP contribution is -2.14. The van der Waals surface area contributed by atoms with Crippen LogP contribution in [0.2, 0.25) is 0 Å². The summed E-state index contributed by atoms with van der Waals surface area (Å²) < 4.78 is 16.9. The molecule has 1 aliphatic carbocycles. The van der Waals surface area contributed by atoms with E-state index in [1.165, 1.54) is 12.5 Å². The number of hydrogen-bond donors (Lipinski definition) is 1. The molecule has 1 N–H and O–H groups in total. The fraction of sp³-hybridized carbons (Fsp3) is 0.500. The standard InChI is InChI=1S/C14H16BrFN2S/c1-7-3-4-12(8(7)2)18-13-5-9(15)10(16)6-11(13)17-14(18)19/h5-8,12H,3-4H2,1-2H3,(H,17,19). The molecule has 1 aromatic heterocycles. The Morgan fingerprint density at radius 2 is 2.11 bits per heavy atom. The highest BCUT2D eigenvalue weighted by molar-refractivity contribution is 9.10. The third kappa shape index (κ3) is 2.07. The topological polar surface area (TPSA) is 20.7 Å². The molecule has 1 aliphatic rings. The maximum Gasteiger partial charge on any atom is 0.178 e. The third-order valence-electron chi connectivity index (χ3n) is 4.51. The van der Waals surface area contributed by atoms with Gasteiger partial charge in [0.05, 0.1) is 15.5 Å². The van der Waals surface area contributed by atoms with Crippen molar-refractivity contribution in [2.24, 2.45) is 11.8 Å². The minimum atomic E-state index is -0.260. The van der Waals surface area contributed by atoms with E-state index in [4.69, 9.17) is 12.2 Å². The molecular weight excluding hydrogens is 327 g/mol. The van der Waals surface area contributed by atoms with Gasteiger partial charge >= 0.3 is 0 Å². The van der Waals surface area contributed by atoms with E-state index in [-0.39, 0.29) is 5.82 Å². The second-order valence-corrected chi connectivity index (χ2v) is 6.81. The lowest BCUT2D eigenvalue weighted by atomic mass is 9.97. The van der Waals surface area contributed by atoms with Crippen molar-refractivity contribution >= 4 is 39.2 Å². The Hall–Kier alpha value is -0.680. The summed E-state index contributed by atoms with van der Waals surface area (Å²) in [6.45, 7) is 4.57. The van der Waals surface area contributed by atoms with E-state index in [0.29, 0.717) is 27.1 Å². The predicted molar refractivity (Wildman–Crippen MR) is 81.4 cm³/mol. The molecule has 1 saturated carbocycles. The molecule has 2 aromatic rings. The number of H-pyrrole nitrogens is 1. The number of aromatic nitrogens is 2. The summed E-state index contributed by atoms with van der Waals surface area (Å²) in [5, 5.41) is 0. The van der Waals surface area contributed by atoms with Crippen molar-refractivity contribution in [1.82, 2.24) is 9.55 Å². The van der Waals surface area contributed by atoms with Crippen LogP contribution in [0.4, 0.5) is 4.39 Å². The molecule has 0 spiro atoms. The van der Waals surface area contributed by atoms with Crippen molar-refractivity contribution in [2.75, 3.05) is 0 Å². The molecule has 0 amide bonds. The molecule has 5 heteroatoms. The predicted octanol–water partition coefficient (Wildman–Crippen LogP) is 5.21. The number of benzene rings is 1. The highest BCUT2D eigenvalue weighted by Crippen LogP contribution is 2.41. The molecule has 0 bridgehead atoms. The SMILES string of the molecule is CC1CCC(n2c(=S)[nH]c3cc(F)c(Br)cc32)C1C. The van der Waals surface area contributed by atoms with Gasteiger partial charge in [-0.2, -0.15) is 0 Å². The van der Waals surface area contributed by atoms with E-state index in [0.717, 1.165) is 17.5 Å². The van der Waals surface area contributed by atoms with Crippen LogP contribution < -0.4 is 0 Å². The number of halogens is 2. The molecule has 2 nitrogen and oxygen atoms in total.